The molecule has 0 aliphatic carbocycles. The van der Waals surface area contributed by atoms with E-state index in [2.05, 4.69) is 150 Å². The Balaban J connectivity index is 0.954. The Labute approximate surface area is 402 Å². The summed E-state index contributed by atoms with van der Waals surface area (Å²) in [5, 5.41) is 0. The van der Waals surface area contributed by atoms with Crippen molar-refractivity contribution in [1.29, 1.82) is 0 Å². The summed E-state index contributed by atoms with van der Waals surface area (Å²) in [6, 6.07) is 58.8. The molecule has 3 aliphatic heterocycles. The Hall–Kier alpha value is -7.47. The second kappa shape index (κ2) is 14.8. The van der Waals surface area contributed by atoms with Gasteiger partial charge in [-0.15, -0.1) is 6.07 Å². The maximum absolute atomic E-state index is 9.15. The molecule has 13 rings (SSSR count). The van der Waals surface area contributed by atoms with E-state index in [1.165, 1.54) is 22.2 Å². The van der Waals surface area contributed by atoms with E-state index in [-0.39, 0.29) is 30.0 Å². The molecular formula is C58H40BN5OPt-2. The topological polar surface area (TPSA) is 38.5 Å². The van der Waals surface area contributed by atoms with Crippen LogP contribution >= 0.6 is 0 Å². The molecule has 0 fully saturated rings. The molecule has 0 saturated heterocycles. The van der Waals surface area contributed by atoms with Gasteiger partial charge in [0.1, 0.15) is 0 Å². The Kier molecular flexibility index (Phi) is 7.61. The summed E-state index contributed by atoms with van der Waals surface area (Å²) in [6.07, 6.45) is 0. The van der Waals surface area contributed by atoms with Gasteiger partial charge in [-0.1, -0.05) is 30.3 Å². The predicted octanol–water partition coefficient (Wildman–Crippen LogP) is 13.6. The second-order valence-corrected chi connectivity index (χ2v) is 18.8. The van der Waals surface area contributed by atoms with E-state index in [1.54, 1.807) is 0 Å². The van der Waals surface area contributed by atoms with Gasteiger partial charge in [0, 0.05) is 11.3 Å². The molecule has 2 aromatic heterocycles. The van der Waals surface area contributed by atoms with Gasteiger partial charge in [-0.05, 0) is 11.6 Å². The van der Waals surface area contributed by atoms with Crippen LogP contribution in [0, 0.1) is 15.9 Å². The molecule has 0 amide bonds. The van der Waals surface area contributed by atoms with Crippen molar-refractivity contribution in [2.75, 3.05) is 9.62 Å². The number of ether oxygens (including phenoxy) is 1. The standard InChI is InChI=1S/C58H40BN5O.Pt/c1-58(2,3)40-32-30-39(31-33-40)44-22-14-21-43(38-16-5-4-6-17-38)56(44)62-37-61(50-26-9-10-27-51(50)62)41-18-13-19-42(36-41)65-54-35-34-48-47-24-15-23-46-45-20-7-8-25-49(45)63-52-28-11-12-29-53(52)64(57(48)60-54)59(63)55(46)47;/h4-28,30-35H,1-3H3;/q-2;/i4D,5D,6D,16D,17D;. The van der Waals surface area contributed by atoms with Gasteiger partial charge in [0.05, 0.1) is 0 Å². The fraction of sp³-hybridized carbons (Fsp3) is 0.0690. The van der Waals surface area contributed by atoms with Crippen molar-refractivity contribution in [3.8, 4) is 67.5 Å². The molecule has 0 radical (unpaired) electrons. The van der Waals surface area contributed by atoms with E-state index in [0.717, 1.165) is 60.0 Å². The van der Waals surface area contributed by atoms with Crippen molar-refractivity contribution in [3.63, 3.8) is 0 Å². The average molecular weight is 1030 g/mol. The van der Waals surface area contributed by atoms with Crippen molar-refractivity contribution in [3.05, 3.63) is 209 Å². The number of benzene rings is 8. The quantitative estimate of drug-likeness (QED) is 0.123. The first-order valence-electron chi connectivity index (χ1n) is 24.4. The van der Waals surface area contributed by atoms with Crippen molar-refractivity contribution in [1.82, 2.24) is 14.1 Å². The van der Waals surface area contributed by atoms with Crippen molar-refractivity contribution < 1.29 is 30.9 Å². The van der Waals surface area contributed by atoms with E-state index < -0.39 is 18.1 Å². The molecule has 66 heavy (non-hydrogen) atoms. The summed E-state index contributed by atoms with van der Waals surface area (Å²) in [5.41, 5.74) is 15.5. The number of fused-ring (bicyclic) bond motifs is 10. The number of pyridine rings is 1. The van der Waals surface area contributed by atoms with E-state index in [4.69, 9.17) is 16.6 Å². The number of hydrogen-bond acceptors (Lipinski definition) is 4. The third kappa shape index (κ3) is 5.86. The molecule has 0 N–H and O–H groups in total. The van der Waals surface area contributed by atoms with Gasteiger partial charge in [-0.3, -0.25) is 0 Å². The summed E-state index contributed by atoms with van der Waals surface area (Å²) in [5.74, 6) is 1.67. The Morgan fingerprint density at radius 2 is 1.27 bits per heavy atom. The normalized spacial score (nSPS) is 14.1. The number of nitrogens with zero attached hydrogens (tertiary/aromatic N) is 5. The Morgan fingerprint density at radius 3 is 2.06 bits per heavy atom. The predicted molar refractivity (Wildman–Crippen MR) is 264 cm³/mol. The third-order valence-corrected chi connectivity index (χ3v) is 14.0. The molecule has 0 bridgehead atoms. The number of imidazole rings is 1. The Morgan fingerprint density at radius 1 is 0.606 bits per heavy atom. The van der Waals surface area contributed by atoms with E-state index >= 15 is 0 Å². The summed E-state index contributed by atoms with van der Waals surface area (Å²) >= 11 is 2.33. The minimum atomic E-state index is -0.438. The van der Waals surface area contributed by atoms with Crippen LogP contribution in [0.4, 0.5) is 22.9 Å². The molecule has 3 aliphatic rings. The molecule has 6 nitrogen and oxygen atoms in total. The zero-order valence-corrected chi connectivity index (χ0v) is 38.3. The number of para-hydroxylation sites is 5. The zero-order valence-electron chi connectivity index (χ0n) is 41.0. The molecular weight excluding hydrogens is 989 g/mol. The van der Waals surface area contributed by atoms with Gasteiger partial charge in [0.15, 0.2) is 0 Å². The van der Waals surface area contributed by atoms with Crippen LogP contribution in [0.15, 0.2) is 188 Å². The summed E-state index contributed by atoms with van der Waals surface area (Å²) < 4.78 is 55.8. The molecule has 0 saturated carbocycles. The first-order valence-corrected chi connectivity index (χ1v) is 23.1. The van der Waals surface area contributed by atoms with Crippen LogP contribution in [-0.4, -0.2) is 21.1 Å². The molecule has 8 aromatic carbocycles. The van der Waals surface area contributed by atoms with Gasteiger partial charge < -0.3 is 0 Å². The molecule has 0 spiro atoms. The number of aromatic nitrogens is 3. The van der Waals surface area contributed by atoms with Gasteiger partial charge in [-0.25, -0.2) is 0 Å². The maximum atomic E-state index is 9.15. The van der Waals surface area contributed by atoms with Crippen LogP contribution < -0.4 is 19.8 Å². The number of anilines is 4. The van der Waals surface area contributed by atoms with E-state index in [0.29, 0.717) is 28.6 Å². The van der Waals surface area contributed by atoms with Crippen molar-refractivity contribution in [2.45, 2.75) is 26.2 Å². The van der Waals surface area contributed by atoms with Crippen LogP contribution in [0.1, 0.15) is 33.2 Å². The molecule has 318 valence electrons. The zero-order chi connectivity index (χ0) is 48.6. The number of hydrogen-bond donors (Lipinski definition) is 0. The first kappa shape index (κ1) is 34.0. The molecule has 0 unspecified atom stereocenters. The van der Waals surface area contributed by atoms with Gasteiger partial charge in [-0.2, -0.15) is 12.1 Å². The monoisotopic (exact) mass is 1030 g/mol. The fourth-order valence-electron chi connectivity index (χ4n) is 10.1. The molecule has 8 heteroatoms. The van der Waals surface area contributed by atoms with Crippen LogP contribution in [0.3, 0.4) is 0 Å². The minimum absolute atomic E-state index is 0.0705. The number of rotatable bonds is 6. The van der Waals surface area contributed by atoms with E-state index in [9.17, 15) is 0 Å². The van der Waals surface area contributed by atoms with Crippen LogP contribution in [0.5, 0.6) is 11.6 Å². The van der Waals surface area contributed by atoms with Crippen LogP contribution in [0.2, 0.25) is 0 Å². The SMILES string of the molecule is [2H]c1c([2H])c([2H])c(-c2cccc(-c3ccc(C(C)(C)C)cc3)c2-n2[c](=[Pt])n(-c3[c-]c(Oc4ccc5c(n4)N4B6c7c(cccc7-5)-c5ccccc5N6c5ccc[c-]c54)ccc3)c3ccccc32)c([2H])c1[2H]. The molecule has 10 aromatic rings. The molecule has 0 atom stereocenters. The van der Waals surface area contributed by atoms with Crippen LogP contribution in [0.25, 0.3) is 66.9 Å². The van der Waals surface area contributed by atoms with Crippen molar-refractivity contribution >= 4 is 46.4 Å². The van der Waals surface area contributed by atoms with E-state index in [1.807, 2.05) is 78.9 Å². The van der Waals surface area contributed by atoms with Gasteiger partial charge in [0.2, 0.25) is 0 Å². The summed E-state index contributed by atoms with van der Waals surface area (Å²) in [6.45, 7) is 6.39. The van der Waals surface area contributed by atoms with Crippen LogP contribution in [-0.2, 0) is 24.8 Å². The summed E-state index contributed by atoms with van der Waals surface area (Å²) in [7, 11) is 0. The molecule has 5 heterocycles. The van der Waals surface area contributed by atoms with Gasteiger partial charge in [0.25, 0.3) is 0 Å². The van der Waals surface area contributed by atoms with Gasteiger partial charge >= 0.3 is 333 Å². The Bertz CT molecular complexity index is 3950. The summed E-state index contributed by atoms with van der Waals surface area (Å²) in [4.78, 5) is 9.99. The average Bonchev–Trinajstić information content (AvgIpc) is 3.89. The third-order valence-electron chi connectivity index (χ3n) is 13.0. The fourth-order valence-corrected chi connectivity index (χ4v) is 11.1. The van der Waals surface area contributed by atoms with Crippen molar-refractivity contribution in [2.24, 2.45) is 0 Å². The first-order chi connectivity index (χ1) is 34.4. The second-order valence-electron chi connectivity index (χ2n) is 17.8.